The molecule has 0 saturated carbocycles. The molecule has 3 aromatic heterocycles. The van der Waals surface area contributed by atoms with Crippen molar-refractivity contribution in [3.05, 3.63) is 47.3 Å². The van der Waals surface area contributed by atoms with Crippen LogP contribution in [0.15, 0.2) is 47.3 Å². The van der Waals surface area contributed by atoms with Gasteiger partial charge in [0.15, 0.2) is 0 Å². The number of ether oxygens (including phenoxy) is 2. The van der Waals surface area contributed by atoms with Crippen molar-refractivity contribution in [1.29, 1.82) is 0 Å². The third-order valence-electron chi connectivity index (χ3n) is 5.13. The molecule has 2 unspecified atom stereocenters. The molecule has 4 rings (SSSR count). The van der Waals surface area contributed by atoms with Crippen molar-refractivity contribution in [2.24, 2.45) is 5.92 Å². The number of hydrogen-bond acceptors (Lipinski definition) is 7. The van der Waals surface area contributed by atoms with Crippen LogP contribution in [0.25, 0.3) is 21.9 Å². The Bertz CT molecular complexity index is 1280. The van der Waals surface area contributed by atoms with E-state index in [1.165, 1.54) is 6.33 Å². The summed E-state index contributed by atoms with van der Waals surface area (Å²) in [6.07, 6.45) is 8.83. The van der Waals surface area contributed by atoms with Gasteiger partial charge in [0.05, 0.1) is 21.3 Å². The van der Waals surface area contributed by atoms with Crippen molar-refractivity contribution in [2.45, 2.75) is 12.6 Å². The Labute approximate surface area is 187 Å². The van der Waals surface area contributed by atoms with E-state index in [1.54, 1.807) is 7.11 Å². The topological polar surface area (TPSA) is 114 Å². The average molecular weight is 481 g/mol. The van der Waals surface area contributed by atoms with Crippen LogP contribution in [-0.2, 0) is 11.3 Å². The van der Waals surface area contributed by atoms with Crippen LogP contribution in [0.3, 0.4) is 0 Å². The van der Waals surface area contributed by atoms with Crippen molar-refractivity contribution >= 4 is 49.5 Å². The Kier molecular flexibility index (Phi) is 5.93. The van der Waals surface area contributed by atoms with Crippen LogP contribution >= 0.6 is 15.9 Å². The molecule has 0 fully saturated rings. The minimum atomic E-state index is -0.333. The summed E-state index contributed by atoms with van der Waals surface area (Å²) in [6.45, 7) is 0.779. The number of rotatable bonds is 7. The molecule has 0 radical (unpaired) electrons. The highest BCUT2D eigenvalue weighted by Crippen LogP contribution is 2.26. The number of anilines is 2. The lowest BCUT2D eigenvalue weighted by Gasteiger charge is -2.23. The number of pyridine rings is 1. The molecule has 158 valence electrons. The SMILES string of the molecule is C#CC(Cn1ccc2c(N)ncnc21)C(COc1ccc2cc(Br)c(N)nc2c1)OC. The van der Waals surface area contributed by atoms with E-state index in [9.17, 15) is 0 Å². The Balaban J connectivity index is 1.49. The second-order valence-corrected chi connectivity index (χ2v) is 7.89. The molecule has 0 amide bonds. The molecule has 31 heavy (non-hydrogen) atoms. The second kappa shape index (κ2) is 8.79. The van der Waals surface area contributed by atoms with E-state index in [0.717, 1.165) is 26.4 Å². The summed E-state index contributed by atoms with van der Waals surface area (Å²) in [4.78, 5) is 12.7. The number of nitrogens with zero attached hydrogens (tertiary/aromatic N) is 4. The van der Waals surface area contributed by atoms with Gasteiger partial charge in [-0.25, -0.2) is 15.0 Å². The second-order valence-electron chi connectivity index (χ2n) is 7.03. The average Bonchev–Trinajstić information content (AvgIpc) is 3.18. The predicted molar refractivity (Wildman–Crippen MR) is 124 cm³/mol. The lowest BCUT2D eigenvalue weighted by Crippen LogP contribution is -2.31. The minimum absolute atomic E-state index is 0.248. The first-order chi connectivity index (χ1) is 15.0. The standard InChI is InChI=1S/C22H21BrN6O2/c1-3-13(10-29-7-6-16-20(24)26-12-27-22(16)29)19(30-2)11-31-15-5-4-14-8-17(23)21(25)28-18(14)9-15/h1,4-9,12-13,19H,10-11H2,2H3,(H2,25,28)(H2,24,26,27). The fourth-order valence-corrected chi connectivity index (χ4v) is 3.75. The summed E-state index contributed by atoms with van der Waals surface area (Å²) in [5.74, 6) is 4.09. The number of halogens is 1. The van der Waals surface area contributed by atoms with Crippen LogP contribution in [0.5, 0.6) is 5.75 Å². The van der Waals surface area contributed by atoms with Gasteiger partial charge in [0.2, 0.25) is 0 Å². The van der Waals surface area contributed by atoms with Crippen LogP contribution in [0.2, 0.25) is 0 Å². The Morgan fingerprint density at radius 2 is 2.03 bits per heavy atom. The molecule has 2 atom stereocenters. The first-order valence-electron chi connectivity index (χ1n) is 9.53. The van der Waals surface area contributed by atoms with Gasteiger partial charge in [0.1, 0.15) is 42.1 Å². The molecule has 4 aromatic rings. The van der Waals surface area contributed by atoms with Crippen LogP contribution in [0.4, 0.5) is 11.6 Å². The monoisotopic (exact) mass is 480 g/mol. The molecule has 0 aliphatic rings. The summed E-state index contributed by atoms with van der Waals surface area (Å²) >= 11 is 3.39. The van der Waals surface area contributed by atoms with Crippen molar-refractivity contribution in [3.63, 3.8) is 0 Å². The highest BCUT2D eigenvalue weighted by atomic mass is 79.9. The zero-order chi connectivity index (χ0) is 22.0. The highest BCUT2D eigenvalue weighted by Gasteiger charge is 2.22. The molecule has 4 N–H and O–H groups in total. The van der Waals surface area contributed by atoms with E-state index < -0.39 is 0 Å². The number of aromatic nitrogens is 4. The zero-order valence-corrected chi connectivity index (χ0v) is 18.4. The predicted octanol–water partition coefficient (Wildman–Crippen LogP) is 3.25. The summed E-state index contributed by atoms with van der Waals surface area (Å²) < 4.78 is 14.3. The number of terminal acetylenes is 1. The largest absolute Gasteiger partial charge is 0.491 e. The van der Waals surface area contributed by atoms with Gasteiger partial charge in [0.25, 0.3) is 0 Å². The van der Waals surface area contributed by atoms with E-state index in [2.05, 4.69) is 36.8 Å². The smallest absolute Gasteiger partial charge is 0.145 e. The van der Waals surface area contributed by atoms with Gasteiger partial charge in [-0.2, -0.15) is 0 Å². The lowest BCUT2D eigenvalue weighted by atomic mass is 10.0. The third-order valence-corrected chi connectivity index (χ3v) is 5.77. The molecule has 0 aliphatic heterocycles. The van der Waals surface area contributed by atoms with Gasteiger partial charge in [-0.3, -0.25) is 0 Å². The van der Waals surface area contributed by atoms with E-state index in [1.807, 2.05) is 41.1 Å². The molecule has 9 heteroatoms. The van der Waals surface area contributed by atoms with Gasteiger partial charge in [-0.1, -0.05) is 5.92 Å². The van der Waals surface area contributed by atoms with Gasteiger partial charge in [-0.15, -0.1) is 6.42 Å². The quantitative estimate of drug-likeness (QED) is 0.390. The molecule has 8 nitrogen and oxygen atoms in total. The number of benzene rings is 1. The van der Waals surface area contributed by atoms with Crippen LogP contribution in [0.1, 0.15) is 0 Å². The zero-order valence-electron chi connectivity index (χ0n) is 16.8. The van der Waals surface area contributed by atoms with Gasteiger partial charge in [0, 0.05) is 31.3 Å². The number of nitrogens with two attached hydrogens (primary N) is 2. The van der Waals surface area contributed by atoms with Gasteiger partial charge in [-0.05, 0) is 40.2 Å². The maximum Gasteiger partial charge on any atom is 0.145 e. The van der Waals surface area contributed by atoms with E-state index >= 15 is 0 Å². The fourth-order valence-electron chi connectivity index (χ4n) is 3.41. The molecular formula is C22H21BrN6O2. The normalized spacial score (nSPS) is 13.2. The van der Waals surface area contributed by atoms with E-state index in [0.29, 0.717) is 23.9 Å². The van der Waals surface area contributed by atoms with E-state index in [4.69, 9.17) is 27.4 Å². The van der Waals surface area contributed by atoms with Crippen molar-refractivity contribution in [3.8, 4) is 18.1 Å². The van der Waals surface area contributed by atoms with Crippen molar-refractivity contribution in [1.82, 2.24) is 19.5 Å². The molecule has 1 aromatic carbocycles. The first-order valence-corrected chi connectivity index (χ1v) is 10.3. The maximum absolute atomic E-state index is 5.98. The molecule has 0 bridgehead atoms. The Hall–Kier alpha value is -3.35. The number of methoxy groups -OCH3 is 1. The maximum atomic E-state index is 5.98. The molecule has 0 aliphatic carbocycles. The van der Waals surface area contributed by atoms with Crippen LogP contribution in [-0.4, -0.2) is 39.3 Å². The summed E-state index contributed by atoms with van der Waals surface area (Å²) in [6, 6.07) is 9.45. The highest BCUT2D eigenvalue weighted by molar-refractivity contribution is 9.10. The number of nitrogen functional groups attached to an aromatic ring is 2. The summed E-state index contributed by atoms with van der Waals surface area (Å²) in [5.41, 5.74) is 13.3. The first kappa shape index (κ1) is 20.9. The van der Waals surface area contributed by atoms with Crippen molar-refractivity contribution in [2.75, 3.05) is 25.2 Å². The molecule has 0 saturated heterocycles. The van der Waals surface area contributed by atoms with Crippen LogP contribution < -0.4 is 16.2 Å². The minimum Gasteiger partial charge on any atom is -0.491 e. The Morgan fingerprint density at radius 3 is 2.81 bits per heavy atom. The number of hydrogen-bond donors (Lipinski definition) is 2. The van der Waals surface area contributed by atoms with Crippen molar-refractivity contribution < 1.29 is 9.47 Å². The fraction of sp³-hybridized carbons (Fsp3) is 0.227. The summed E-state index contributed by atoms with van der Waals surface area (Å²) in [5, 5.41) is 1.75. The third kappa shape index (κ3) is 4.26. The van der Waals surface area contributed by atoms with Crippen LogP contribution in [0, 0.1) is 18.3 Å². The molecular weight excluding hydrogens is 460 g/mol. The summed E-state index contributed by atoms with van der Waals surface area (Å²) in [7, 11) is 1.62. The van der Waals surface area contributed by atoms with Gasteiger partial charge >= 0.3 is 0 Å². The molecule has 3 heterocycles. The van der Waals surface area contributed by atoms with Gasteiger partial charge < -0.3 is 25.5 Å². The lowest BCUT2D eigenvalue weighted by molar-refractivity contribution is 0.0276. The molecule has 0 spiro atoms. The number of fused-ring (bicyclic) bond motifs is 2. The van der Waals surface area contributed by atoms with E-state index in [-0.39, 0.29) is 18.6 Å². The Morgan fingerprint density at radius 1 is 1.19 bits per heavy atom.